The molecule has 0 saturated carbocycles. The molecule has 0 unspecified atom stereocenters. The first-order valence-corrected chi connectivity index (χ1v) is 14.1. The number of ether oxygens (including phenoxy) is 2. The van der Waals surface area contributed by atoms with Crippen LogP contribution in [0.5, 0.6) is 0 Å². The molecule has 2 fully saturated rings. The van der Waals surface area contributed by atoms with Crippen molar-refractivity contribution >= 4 is 29.2 Å². The number of pyridine rings is 2. The number of rotatable bonds is 4. The molecule has 2 saturated heterocycles. The molecule has 5 heterocycles. The van der Waals surface area contributed by atoms with E-state index in [1.807, 2.05) is 6.07 Å². The topological polar surface area (TPSA) is 96.9 Å². The van der Waals surface area contributed by atoms with Crippen LogP contribution in [-0.4, -0.2) is 58.8 Å². The molecular formula is C31H33F2N5O4. The van der Waals surface area contributed by atoms with Gasteiger partial charge >= 0.3 is 6.09 Å². The zero-order valence-electron chi connectivity index (χ0n) is 23.9. The van der Waals surface area contributed by atoms with E-state index in [0.29, 0.717) is 11.2 Å². The average molecular weight is 578 g/mol. The minimum absolute atomic E-state index is 0.0135. The number of amides is 2. The van der Waals surface area contributed by atoms with Crippen molar-refractivity contribution in [3.63, 3.8) is 0 Å². The summed E-state index contributed by atoms with van der Waals surface area (Å²) in [6.07, 6.45) is 4.19. The molecular weight excluding hydrogens is 544 g/mol. The third kappa shape index (κ3) is 5.40. The lowest BCUT2D eigenvalue weighted by atomic mass is 9.78. The second-order valence-electron chi connectivity index (χ2n) is 12.2. The second-order valence-corrected chi connectivity index (χ2v) is 12.2. The standard InChI is InChI=1S/C31H33F2N5O4/c1-30(2,3)42-29(40)38-17-24-27(28(38)39)23(15-22(35-24)26-20(32)5-4-6-21(26)33)36-25-8-7-19(16-34-25)37-12-9-31(10-13-37)11-14-41-18-31/h4-8,15-16H,9-14,17-18H2,1-3H3,(H,34,35,36). The van der Waals surface area contributed by atoms with Crippen LogP contribution >= 0.6 is 0 Å². The second kappa shape index (κ2) is 10.6. The van der Waals surface area contributed by atoms with Gasteiger partial charge in [0.2, 0.25) is 0 Å². The quantitative estimate of drug-likeness (QED) is 0.400. The Morgan fingerprint density at radius 2 is 1.81 bits per heavy atom. The van der Waals surface area contributed by atoms with Crippen LogP contribution in [0.25, 0.3) is 11.3 Å². The number of imide groups is 1. The highest BCUT2D eigenvalue weighted by molar-refractivity contribution is 6.10. The molecule has 1 aromatic carbocycles. The smallest absolute Gasteiger partial charge is 0.417 e. The fraction of sp³-hybridized carbons (Fsp3) is 0.419. The number of hydrogen-bond donors (Lipinski definition) is 1. The lowest BCUT2D eigenvalue weighted by Gasteiger charge is -2.39. The maximum atomic E-state index is 14.8. The minimum Gasteiger partial charge on any atom is -0.443 e. The molecule has 6 rings (SSSR count). The van der Waals surface area contributed by atoms with Gasteiger partial charge in [-0.05, 0) is 75.8 Å². The number of carbonyl (C=O) groups is 2. The van der Waals surface area contributed by atoms with Gasteiger partial charge in [0.15, 0.2) is 0 Å². The molecule has 1 N–H and O–H groups in total. The highest BCUT2D eigenvalue weighted by Gasteiger charge is 2.40. The number of halogens is 2. The lowest BCUT2D eigenvalue weighted by molar-refractivity contribution is 0.0247. The number of carbonyl (C=O) groups excluding carboxylic acids is 2. The predicted octanol–water partition coefficient (Wildman–Crippen LogP) is 6.06. The van der Waals surface area contributed by atoms with E-state index in [0.717, 1.165) is 68.3 Å². The molecule has 0 bridgehead atoms. The van der Waals surface area contributed by atoms with Crippen LogP contribution in [-0.2, 0) is 16.0 Å². The summed E-state index contributed by atoms with van der Waals surface area (Å²) < 4.78 is 40.6. The molecule has 11 heteroatoms. The molecule has 0 radical (unpaired) electrons. The van der Waals surface area contributed by atoms with Crippen molar-refractivity contribution in [3.05, 3.63) is 65.5 Å². The van der Waals surface area contributed by atoms with E-state index in [-0.39, 0.29) is 34.7 Å². The summed E-state index contributed by atoms with van der Waals surface area (Å²) in [4.78, 5) is 38.5. The first-order valence-electron chi connectivity index (χ1n) is 14.1. The Morgan fingerprint density at radius 1 is 1.07 bits per heavy atom. The summed E-state index contributed by atoms with van der Waals surface area (Å²) in [6.45, 7) is 8.40. The number of anilines is 3. The van der Waals surface area contributed by atoms with Gasteiger partial charge in [-0.3, -0.25) is 4.79 Å². The molecule has 3 aromatic rings. The maximum absolute atomic E-state index is 14.8. The molecule has 1 spiro atoms. The number of nitrogens with zero attached hydrogens (tertiary/aromatic N) is 4. The molecule has 2 amide bonds. The summed E-state index contributed by atoms with van der Waals surface area (Å²) in [7, 11) is 0. The van der Waals surface area contributed by atoms with Gasteiger partial charge < -0.3 is 19.7 Å². The van der Waals surface area contributed by atoms with Gasteiger partial charge in [0, 0.05) is 19.7 Å². The Hall–Kier alpha value is -4.12. The monoisotopic (exact) mass is 577 g/mol. The molecule has 3 aliphatic rings. The van der Waals surface area contributed by atoms with Crippen LogP contribution in [0.15, 0.2) is 42.6 Å². The van der Waals surface area contributed by atoms with Crippen molar-refractivity contribution in [2.24, 2.45) is 5.41 Å². The molecule has 3 aliphatic heterocycles. The average Bonchev–Trinajstić information content (AvgIpc) is 3.53. The van der Waals surface area contributed by atoms with Crippen molar-refractivity contribution in [1.82, 2.24) is 14.9 Å². The SMILES string of the molecule is CC(C)(C)OC(=O)N1Cc2nc(-c3c(F)cccc3F)cc(Nc3ccc(N4CCC5(CCOC5)CC4)cn3)c2C1=O. The molecule has 0 aliphatic carbocycles. The van der Waals surface area contributed by atoms with Crippen LogP contribution in [0.1, 0.15) is 56.1 Å². The van der Waals surface area contributed by atoms with Crippen LogP contribution in [0.4, 0.5) is 30.8 Å². The normalized spacial score (nSPS) is 18.0. The fourth-order valence-corrected chi connectivity index (χ4v) is 5.81. The number of nitrogens with one attached hydrogen (secondary N) is 1. The van der Waals surface area contributed by atoms with Crippen molar-refractivity contribution in [1.29, 1.82) is 0 Å². The summed E-state index contributed by atoms with van der Waals surface area (Å²) >= 11 is 0. The number of aromatic nitrogens is 2. The molecule has 9 nitrogen and oxygen atoms in total. The first kappa shape index (κ1) is 28.0. The van der Waals surface area contributed by atoms with E-state index in [4.69, 9.17) is 9.47 Å². The Morgan fingerprint density at radius 3 is 2.43 bits per heavy atom. The third-order valence-corrected chi connectivity index (χ3v) is 8.08. The van der Waals surface area contributed by atoms with E-state index in [2.05, 4.69) is 20.2 Å². The van der Waals surface area contributed by atoms with Crippen molar-refractivity contribution < 1.29 is 27.8 Å². The van der Waals surface area contributed by atoms with Crippen molar-refractivity contribution in [3.8, 4) is 11.3 Å². The highest BCUT2D eigenvalue weighted by Crippen LogP contribution is 2.40. The minimum atomic E-state index is -0.829. The van der Waals surface area contributed by atoms with E-state index in [1.54, 1.807) is 33.0 Å². The summed E-state index contributed by atoms with van der Waals surface area (Å²) in [6, 6.07) is 8.69. The Kier molecular flexibility index (Phi) is 7.08. The van der Waals surface area contributed by atoms with Gasteiger partial charge in [0.05, 0.1) is 53.2 Å². The summed E-state index contributed by atoms with van der Waals surface area (Å²) in [5, 5.41) is 3.13. The molecule has 220 valence electrons. The van der Waals surface area contributed by atoms with Gasteiger partial charge in [-0.25, -0.2) is 28.4 Å². The third-order valence-electron chi connectivity index (χ3n) is 8.08. The van der Waals surface area contributed by atoms with Crippen LogP contribution in [0.2, 0.25) is 0 Å². The maximum Gasteiger partial charge on any atom is 0.417 e. The summed E-state index contributed by atoms with van der Waals surface area (Å²) in [5.74, 6) is -1.79. The fourth-order valence-electron chi connectivity index (χ4n) is 5.81. The van der Waals surface area contributed by atoms with Crippen molar-refractivity contribution in [2.45, 2.75) is 52.2 Å². The number of piperidine rings is 1. The van der Waals surface area contributed by atoms with Gasteiger partial charge in [0.1, 0.15) is 23.1 Å². The zero-order chi connectivity index (χ0) is 29.6. The predicted molar refractivity (Wildman–Crippen MR) is 153 cm³/mol. The van der Waals surface area contributed by atoms with Gasteiger partial charge in [-0.1, -0.05) is 6.07 Å². The number of hydrogen-bond acceptors (Lipinski definition) is 8. The Labute approximate surface area is 242 Å². The Bertz CT molecular complexity index is 1500. The molecule has 42 heavy (non-hydrogen) atoms. The van der Waals surface area contributed by atoms with Gasteiger partial charge in [-0.15, -0.1) is 0 Å². The van der Waals surface area contributed by atoms with Gasteiger partial charge in [-0.2, -0.15) is 0 Å². The first-order chi connectivity index (χ1) is 20.0. The van der Waals surface area contributed by atoms with Gasteiger partial charge in [0.25, 0.3) is 5.91 Å². The lowest BCUT2D eigenvalue weighted by Crippen LogP contribution is -2.40. The Balaban J connectivity index is 1.29. The number of fused-ring (bicyclic) bond motifs is 1. The van der Waals surface area contributed by atoms with Crippen LogP contribution in [0, 0.1) is 17.0 Å². The zero-order valence-corrected chi connectivity index (χ0v) is 23.9. The largest absolute Gasteiger partial charge is 0.443 e. The molecule has 0 atom stereocenters. The van der Waals surface area contributed by atoms with Crippen molar-refractivity contribution in [2.75, 3.05) is 36.5 Å². The van der Waals surface area contributed by atoms with Crippen LogP contribution in [0.3, 0.4) is 0 Å². The van der Waals surface area contributed by atoms with E-state index >= 15 is 0 Å². The van der Waals surface area contributed by atoms with Crippen LogP contribution < -0.4 is 10.2 Å². The van der Waals surface area contributed by atoms with E-state index in [9.17, 15) is 18.4 Å². The van der Waals surface area contributed by atoms with E-state index in [1.165, 1.54) is 12.1 Å². The highest BCUT2D eigenvalue weighted by atomic mass is 19.1. The number of benzene rings is 1. The van der Waals surface area contributed by atoms with E-state index < -0.39 is 29.2 Å². The summed E-state index contributed by atoms with van der Waals surface area (Å²) in [5.41, 5.74) is 0.655. The molecule has 2 aromatic heterocycles.